The van der Waals surface area contributed by atoms with Crippen molar-refractivity contribution < 1.29 is 19.0 Å². The first kappa shape index (κ1) is 17.0. The molecule has 136 valence electrons. The maximum absolute atomic E-state index is 12.9. The Morgan fingerprint density at radius 1 is 1.15 bits per heavy atom. The minimum Gasteiger partial charge on any atom is -0.490 e. The zero-order valence-electron chi connectivity index (χ0n) is 14.7. The monoisotopic (exact) mass is 373 g/mol. The minimum absolute atomic E-state index is 0.0422. The van der Waals surface area contributed by atoms with Crippen LogP contribution in [0.25, 0.3) is 0 Å². The van der Waals surface area contributed by atoms with Crippen LogP contribution in [0.3, 0.4) is 0 Å². The second kappa shape index (κ2) is 6.72. The quantitative estimate of drug-likeness (QED) is 0.833. The van der Waals surface area contributed by atoms with Crippen LogP contribution < -0.4 is 19.5 Å². The summed E-state index contributed by atoms with van der Waals surface area (Å²) in [4.78, 5) is 12.9. The summed E-state index contributed by atoms with van der Waals surface area (Å²) >= 11 is 6.33. The number of fused-ring (bicyclic) bond motifs is 2. The largest absolute Gasteiger partial charge is 0.490 e. The number of carbonyl (C=O) groups excluding carboxylic acids is 1. The van der Waals surface area contributed by atoms with E-state index in [1.807, 2.05) is 19.1 Å². The molecule has 0 bridgehead atoms. The van der Waals surface area contributed by atoms with Crippen molar-refractivity contribution in [3.8, 4) is 17.2 Å². The van der Waals surface area contributed by atoms with Gasteiger partial charge >= 0.3 is 0 Å². The van der Waals surface area contributed by atoms with Gasteiger partial charge in [-0.05, 0) is 13.0 Å². The lowest BCUT2D eigenvalue weighted by Crippen LogP contribution is -2.14. The number of halogens is 1. The van der Waals surface area contributed by atoms with Crippen molar-refractivity contribution in [1.82, 2.24) is 0 Å². The number of benzene rings is 2. The van der Waals surface area contributed by atoms with Gasteiger partial charge in [0, 0.05) is 30.0 Å². The summed E-state index contributed by atoms with van der Waals surface area (Å²) in [5, 5.41) is 3.27. The summed E-state index contributed by atoms with van der Waals surface area (Å²) in [6, 6.07) is 9.02. The van der Waals surface area contributed by atoms with Crippen molar-refractivity contribution in [3.05, 3.63) is 46.5 Å². The van der Waals surface area contributed by atoms with E-state index in [9.17, 15) is 4.79 Å². The Balaban J connectivity index is 1.63. The molecule has 0 fully saturated rings. The van der Waals surface area contributed by atoms with Crippen LogP contribution in [0.4, 0.5) is 5.69 Å². The van der Waals surface area contributed by atoms with Gasteiger partial charge in [-0.2, -0.15) is 0 Å². The average molecular weight is 374 g/mol. The summed E-state index contributed by atoms with van der Waals surface area (Å²) in [6.45, 7) is 5.25. The van der Waals surface area contributed by atoms with E-state index >= 15 is 0 Å². The first-order valence-corrected chi connectivity index (χ1v) is 9.12. The molecule has 2 unspecified atom stereocenters. The maximum atomic E-state index is 12.9. The van der Waals surface area contributed by atoms with E-state index in [2.05, 4.69) is 12.2 Å². The molecule has 0 saturated carbocycles. The van der Waals surface area contributed by atoms with E-state index in [0.717, 1.165) is 12.0 Å². The molecule has 2 aliphatic heterocycles. The predicted octanol–water partition coefficient (Wildman–Crippen LogP) is 4.64. The van der Waals surface area contributed by atoms with Gasteiger partial charge in [-0.15, -0.1) is 0 Å². The summed E-state index contributed by atoms with van der Waals surface area (Å²) in [7, 11) is 0. The molecule has 1 N–H and O–H groups in total. The Hall–Kier alpha value is -2.40. The van der Waals surface area contributed by atoms with Gasteiger partial charge in [0.2, 0.25) is 0 Å². The molecule has 0 spiro atoms. The minimum atomic E-state index is -0.264. The van der Waals surface area contributed by atoms with Crippen molar-refractivity contribution >= 4 is 23.2 Å². The van der Waals surface area contributed by atoms with Gasteiger partial charge in [-0.25, -0.2) is 0 Å². The number of rotatable bonds is 2. The van der Waals surface area contributed by atoms with E-state index in [0.29, 0.717) is 46.7 Å². The molecule has 6 heteroatoms. The van der Waals surface area contributed by atoms with Crippen LogP contribution in [0.1, 0.15) is 42.1 Å². The number of amides is 1. The molecule has 0 aromatic heterocycles. The molecule has 5 nitrogen and oxygen atoms in total. The molecule has 0 saturated heterocycles. The van der Waals surface area contributed by atoms with Crippen molar-refractivity contribution in [3.63, 3.8) is 0 Å². The topological polar surface area (TPSA) is 56.8 Å². The summed E-state index contributed by atoms with van der Waals surface area (Å²) < 4.78 is 17.2. The van der Waals surface area contributed by atoms with Crippen molar-refractivity contribution in [2.75, 3.05) is 18.5 Å². The number of nitrogens with one attached hydrogen (secondary N) is 1. The molecule has 2 aliphatic rings. The maximum Gasteiger partial charge on any atom is 0.259 e. The lowest BCUT2D eigenvalue weighted by atomic mass is 9.97. The fourth-order valence-electron chi connectivity index (χ4n) is 3.23. The molecule has 2 aromatic carbocycles. The Morgan fingerprint density at radius 3 is 2.65 bits per heavy atom. The molecule has 2 atom stereocenters. The number of carbonyl (C=O) groups is 1. The standard InChI is InChI=1S/C20H20ClNO4/c1-11-12(2)26-19-13(11)5-3-6-14(19)20(23)22-16-10-18-17(9-15(16)21)24-7-4-8-25-18/h3,5-6,9-12H,4,7-8H2,1-2H3,(H,22,23). The van der Waals surface area contributed by atoms with E-state index < -0.39 is 0 Å². The highest BCUT2D eigenvalue weighted by atomic mass is 35.5. The first-order valence-electron chi connectivity index (χ1n) is 8.74. The molecule has 2 aromatic rings. The molecule has 0 aliphatic carbocycles. The molecular weight excluding hydrogens is 354 g/mol. The Kier molecular flexibility index (Phi) is 4.41. The van der Waals surface area contributed by atoms with Gasteiger partial charge < -0.3 is 19.5 Å². The van der Waals surface area contributed by atoms with Gasteiger partial charge in [0.25, 0.3) is 5.91 Å². The second-order valence-corrected chi connectivity index (χ2v) is 7.03. The lowest BCUT2D eigenvalue weighted by Gasteiger charge is -2.14. The van der Waals surface area contributed by atoms with Crippen molar-refractivity contribution in [2.24, 2.45) is 0 Å². The lowest BCUT2D eigenvalue weighted by molar-refractivity contribution is 0.102. The van der Waals surface area contributed by atoms with Gasteiger partial charge in [-0.3, -0.25) is 4.79 Å². The molecule has 26 heavy (non-hydrogen) atoms. The number of hydrogen-bond donors (Lipinski definition) is 1. The number of ether oxygens (including phenoxy) is 3. The third kappa shape index (κ3) is 2.97. The highest BCUT2D eigenvalue weighted by Crippen LogP contribution is 2.41. The van der Waals surface area contributed by atoms with Gasteiger partial charge in [0.05, 0.1) is 29.5 Å². The zero-order chi connectivity index (χ0) is 18.3. The fraction of sp³-hybridized carbons (Fsp3) is 0.350. The van der Waals surface area contributed by atoms with E-state index in [-0.39, 0.29) is 17.9 Å². The Bertz CT molecular complexity index is 867. The third-order valence-corrected chi connectivity index (χ3v) is 5.19. The van der Waals surface area contributed by atoms with Crippen LogP contribution in [0.2, 0.25) is 5.02 Å². The third-order valence-electron chi connectivity index (χ3n) is 4.87. The first-order chi connectivity index (χ1) is 12.5. The van der Waals surface area contributed by atoms with Crippen LogP contribution >= 0.6 is 11.6 Å². The van der Waals surface area contributed by atoms with Crippen molar-refractivity contribution in [2.45, 2.75) is 32.3 Å². The Morgan fingerprint density at radius 2 is 1.88 bits per heavy atom. The summed E-state index contributed by atoms with van der Waals surface area (Å²) in [6.07, 6.45) is 0.846. The van der Waals surface area contributed by atoms with Crippen LogP contribution in [0.5, 0.6) is 17.2 Å². The smallest absolute Gasteiger partial charge is 0.259 e. The molecule has 0 radical (unpaired) electrons. The van der Waals surface area contributed by atoms with E-state index in [4.69, 9.17) is 25.8 Å². The molecular formula is C20H20ClNO4. The normalized spacial score (nSPS) is 20.7. The van der Waals surface area contributed by atoms with Crippen LogP contribution in [-0.4, -0.2) is 25.2 Å². The van der Waals surface area contributed by atoms with Crippen molar-refractivity contribution in [1.29, 1.82) is 0 Å². The predicted molar refractivity (Wildman–Crippen MR) is 100.0 cm³/mol. The molecule has 1 amide bonds. The van der Waals surface area contributed by atoms with Crippen LogP contribution in [0.15, 0.2) is 30.3 Å². The number of para-hydroxylation sites is 1. The average Bonchev–Trinajstić information content (AvgIpc) is 2.79. The number of anilines is 1. The van der Waals surface area contributed by atoms with Gasteiger partial charge in [0.1, 0.15) is 11.9 Å². The SMILES string of the molecule is CC1Oc2c(C(=O)Nc3cc4c(cc3Cl)OCCCO4)cccc2C1C. The van der Waals surface area contributed by atoms with Crippen LogP contribution in [0, 0.1) is 0 Å². The number of hydrogen-bond acceptors (Lipinski definition) is 4. The second-order valence-electron chi connectivity index (χ2n) is 6.62. The summed E-state index contributed by atoms with van der Waals surface area (Å²) in [5.74, 6) is 1.81. The van der Waals surface area contributed by atoms with E-state index in [1.165, 1.54) is 0 Å². The zero-order valence-corrected chi connectivity index (χ0v) is 15.4. The van der Waals surface area contributed by atoms with E-state index in [1.54, 1.807) is 18.2 Å². The van der Waals surface area contributed by atoms with Gasteiger partial charge in [0.15, 0.2) is 11.5 Å². The Labute approximate surface area is 157 Å². The highest BCUT2D eigenvalue weighted by molar-refractivity contribution is 6.34. The fourth-order valence-corrected chi connectivity index (χ4v) is 3.43. The van der Waals surface area contributed by atoms with Crippen LogP contribution in [-0.2, 0) is 0 Å². The van der Waals surface area contributed by atoms with Gasteiger partial charge in [-0.1, -0.05) is 30.7 Å². The molecule has 2 heterocycles. The molecule has 4 rings (SSSR count). The summed E-state index contributed by atoms with van der Waals surface area (Å²) in [5.41, 5.74) is 2.04. The highest BCUT2D eigenvalue weighted by Gasteiger charge is 2.31.